The lowest BCUT2D eigenvalue weighted by Crippen LogP contribution is -2.47. The maximum atomic E-state index is 13.5. The first-order valence-electron chi connectivity index (χ1n) is 10.5. The Morgan fingerprint density at radius 1 is 0.969 bits per heavy atom. The number of urea groups is 1. The van der Waals surface area contributed by atoms with Crippen LogP contribution >= 0.6 is 0 Å². The van der Waals surface area contributed by atoms with Gasteiger partial charge in [0, 0.05) is 23.5 Å². The molecule has 0 bridgehead atoms. The second-order valence-corrected chi connectivity index (χ2v) is 8.72. The van der Waals surface area contributed by atoms with Gasteiger partial charge in [0.2, 0.25) is 0 Å². The zero-order valence-corrected chi connectivity index (χ0v) is 18.7. The van der Waals surface area contributed by atoms with Gasteiger partial charge in [-0.3, -0.25) is 9.36 Å². The van der Waals surface area contributed by atoms with E-state index in [0.717, 1.165) is 11.3 Å². The number of hydrogen-bond acceptors (Lipinski definition) is 3. The molecule has 162 valence electrons. The first-order chi connectivity index (χ1) is 15.3. The van der Waals surface area contributed by atoms with Crippen molar-refractivity contribution in [2.24, 2.45) is 0 Å². The third-order valence-electron chi connectivity index (χ3n) is 5.03. The zero-order chi connectivity index (χ0) is 22.9. The van der Waals surface area contributed by atoms with Gasteiger partial charge in [-0.25, -0.2) is 14.7 Å². The fourth-order valence-corrected chi connectivity index (χ4v) is 3.68. The van der Waals surface area contributed by atoms with Crippen molar-refractivity contribution in [1.82, 2.24) is 14.9 Å². The molecular weight excluding hydrogens is 400 g/mol. The number of benzene rings is 2. The van der Waals surface area contributed by atoms with E-state index in [1.807, 2.05) is 99.0 Å². The standard InChI is InChI=1S/C26H26N4O2/c1-18-15-16-27-24-23(18)21(31)17-22(29(24)19-11-7-5-8-12-19)30(20-13-9-6-10-14-20)25(32)28-26(2,3)4/h5-17H,1-4H3,(H,28,32). The van der Waals surface area contributed by atoms with Crippen LogP contribution in [0.15, 0.2) is 83.8 Å². The van der Waals surface area contributed by atoms with Gasteiger partial charge in [0.15, 0.2) is 5.43 Å². The molecule has 0 spiro atoms. The summed E-state index contributed by atoms with van der Waals surface area (Å²) in [5.74, 6) is 0.416. The van der Waals surface area contributed by atoms with E-state index < -0.39 is 5.54 Å². The number of fused-ring (bicyclic) bond motifs is 1. The lowest BCUT2D eigenvalue weighted by molar-refractivity contribution is 0.240. The molecule has 32 heavy (non-hydrogen) atoms. The van der Waals surface area contributed by atoms with Gasteiger partial charge in [-0.2, -0.15) is 0 Å². The number of rotatable bonds is 3. The van der Waals surface area contributed by atoms with E-state index in [-0.39, 0.29) is 11.5 Å². The number of nitrogens with zero attached hydrogens (tertiary/aromatic N) is 3. The lowest BCUT2D eigenvalue weighted by Gasteiger charge is -2.30. The molecule has 0 atom stereocenters. The van der Waals surface area contributed by atoms with Crippen molar-refractivity contribution in [3.8, 4) is 5.69 Å². The van der Waals surface area contributed by atoms with Crippen molar-refractivity contribution in [2.45, 2.75) is 33.2 Å². The van der Waals surface area contributed by atoms with E-state index in [9.17, 15) is 9.59 Å². The van der Waals surface area contributed by atoms with Crippen LogP contribution in [-0.4, -0.2) is 21.1 Å². The van der Waals surface area contributed by atoms with E-state index in [4.69, 9.17) is 0 Å². The number of anilines is 2. The average molecular weight is 427 g/mol. The van der Waals surface area contributed by atoms with Gasteiger partial charge in [0.05, 0.1) is 11.1 Å². The zero-order valence-electron chi connectivity index (χ0n) is 18.7. The quantitative estimate of drug-likeness (QED) is 0.481. The van der Waals surface area contributed by atoms with Gasteiger partial charge >= 0.3 is 6.03 Å². The Balaban J connectivity index is 2.09. The van der Waals surface area contributed by atoms with Crippen LogP contribution in [0, 0.1) is 6.92 Å². The van der Waals surface area contributed by atoms with Crippen LogP contribution in [0.4, 0.5) is 16.3 Å². The molecule has 0 aliphatic carbocycles. The lowest BCUT2D eigenvalue weighted by atomic mass is 10.1. The second kappa shape index (κ2) is 8.30. The highest BCUT2D eigenvalue weighted by Crippen LogP contribution is 2.30. The summed E-state index contributed by atoms with van der Waals surface area (Å²) in [5.41, 5.74) is 2.13. The Hall–Kier alpha value is -3.93. The molecule has 2 heterocycles. The van der Waals surface area contributed by atoms with E-state index >= 15 is 0 Å². The molecule has 0 radical (unpaired) electrons. The third kappa shape index (κ3) is 4.12. The van der Waals surface area contributed by atoms with Crippen LogP contribution in [0.5, 0.6) is 0 Å². The Bertz CT molecular complexity index is 1320. The van der Waals surface area contributed by atoms with Crippen molar-refractivity contribution >= 4 is 28.6 Å². The minimum atomic E-state index is -0.465. The van der Waals surface area contributed by atoms with Crippen LogP contribution in [-0.2, 0) is 0 Å². The summed E-state index contributed by atoms with van der Waals surface area (Å²) in [4.78, 5) is 32.9. The molecule has 4 rings (SSSR count). The highest BCUT2D eigenvalue weighted by molar-refractivity contribution is 6.00. The molecule has 0 unspecified atom stereocenters. The highest BCUT2D eigenvalue weighted by atomic mass is 16.2. The van der Waals surface area contributed by atoms with Gasteiger partial charge < -0.3 is 5.32 Å². The monoisotopic (exact) mass is 426 g/mol. The first kappa shape index (κ1) is 21.3. The molecule has 4 aromatic rings. The number of amides is 2. The van der Waals surface area contributed by atoms with Gasteiger partial charge in [-0.1, -0.05) is 36.4 Å². The summed E-state index contributed by atoms with van der Waals surface area (Å²) in [6.45, 7) is 7.65. The SMILES string of the molecule is Cc1ccnc2c1c(=O)cc(N(C(=O)NC(C)(C)C)c1ccccc1)n2-c1ccccc1. The summed E-state index contributed by atoms with van der Waals surface area (Å²) in [6, 6.07) is 21.9. The van der Waals surface area contributed by atoms with Crippen LogP contribution in [0.1, 0.15) is 26.3 Å². The van der Waals surface area contributed by atoms with Crippen LogP contribution < -0.4 is 15.6 Å². The Labute approximate surface area is 187 Å². The fraction of sp³-hybridized carbons (Fsp3) is 0.192. The van der Waals surface area contributed by atoms with Crippen molar-refractivity contribution in [2.75, 3.05) is 4.90 Å². The molecule has 6 heteroatoms. The number of para-hydroxylation sites is 2. The molecule has 6 nitrogen and oxygen atoms in total. The maximum absolute atomic E-state index is 13.5. The maximum Gasteiger partial charge on any atom is 0.328 e. The third-order valence-corrected chi connectivity index (χ3v) is 5.03. The van der Waals surface area contributed by atoms with Crippen LogP contribution in [0.2, 0.25) is 0 Å². The molecule has 2 amide bonds. The number of carbonyl (C=O) groups excluding carboxylic acids is 1. The molecule has 0 fully saturated rings. The molecule has 0 saturated heterocycles. The average Bonchev–Trinajstić information content (AvgIpc) is 2.74. The van der Waals surface area contributed by atoms with Crippen molar-refractivity contribution in [1.29, 1.82) is 0 Å². The number of hydrogen-bond donors (Lipinski definition) is 1. The minimum Gasteiger partial charge on any atom is -0.333 e. The van der Waals surface area contributed by atoms with Crippen molar-refractivity contribution in [3.63, 3.8) is 0 Å². The van der Waals surface area contributed by atoms with Crippen LogP contribution in [0.25, 0.3) is 16.7 Å². The number of pyridine rings is 2. The molecule has 2 aromatic carbocycles. The summed E-state index contributed by atoms with van der Waals surface area (Å²) >= 11 is 0. The predicted molar refractivity (Wildman–Crippen MR) is 129 cm³/mol. The van der Waals surface area contributed by atoms with E-state index in [1.165, 1.54) is 11.0 Å². The molecule has 0 aliphatic heterocycles. The van der Waals surface area contributed by atoms with Gasteiger partial charge in [0.1, 0.15) is 11.5 Å². The summed E-state index contributed by atoms with van der Waals surface area (Å²) < 4.78 is 1.86. The molecule has 2 aromatic heterocycles. The number of aromatic nitrogens is 2. The Morgan fingerprint density at radius 2 is 1.59 bits per heavy atom. The van der Waals surface area contributed by atoms with E-state index in [0.29, 0.717) is 22.5 Å². The van der Waals surface area contributed by atoms with Gasteiger partial charge in [-0.05, 0) is 63.6 Å². The summed E-state index contributed by atoms with van der Waals surface area (Å²) in [5, 5.41) is 3.56. The van der Waals surface area contributed by atoms with Gasteiger partial charge in [0.25, 0.3) is 0 Å². The fourth-order valence-electron chi connectivity index (χ4n) is 3.68. The van der Waals surface area contributed by atoms with Gasteiger partial charge in [-0.15, -0.1) is 0 Å². The number of carbonyl (C=O) groups is 1. The number of nitrogens with one attached hydrogen (secondary N) is 1. The predicted octanol–water partition coefficient (Wildman–Crippen LogP) is 5.34. The minimum absolute atomic E-state index is 0.183. The van der Waals surface area contributed by atoms with Crippen molar-refractivity contribution < 1.29 is 4.79 Å². The number of aryl methyl sites for hydroxylation is 1. The Morgan fingerprint density at radius 3 is 2.22 bits per heavy atom. The normalized spacial score (nSPS) is 11.4. The second-order valence-electron chi connectivity index (χ2n) is 8.72. The van der Waals surface area contributed by atoms with Crippen LogP contribution in [0.3, 0.4) is 0 Å². The smallest absolute Gasteiger partial charge is 0.328 e. The Kier molecular flexibility index (Phi) is 5.53. The molecular formula is C26H26N4O2. The molecule has 1 N–H and O–H groups in total. The first-order valence-corrected chi connectivity index (χ1v) is 10.5. The summed E-state index contributed by atoms with van der Waals surface area (Å²) in [6.07, 6.45) is 1.68. The topological polar surface area (TPSA) is 67.2 Å². The van der Waals surface area contributed by atoms with E-state index in [2.05, 4.69) is 10.3 Å². The highest BCUT2D eigenvalue weighted by Gasteiger charge is 2.27. The largest absolute Gasteiger partial charge is 0.333 e. The van der Waals surface area contributed by atoms with E-state index in [1.54, 1.807) is 6.20 Å². The molecule has 0 saturated carbocycles. The molecule has 0 aliphatic rings. The van der Waals surface area contributed by atoms with Crippen molar-refractivity contribution in [3.05, 3.63) is 94.8 Å². The summed E-state index contributed by atoms with van der Waals surface area (Å²) in [7, 11) is 0.